The maximum Gasteiger partial charge on any atom is 0.258 e. The van der Waals surface area contributed by atoms with Crippen LogP contribution in [0.3, 0.4) is 0 Å². The molecule has 0 aromatic heterocycles. The number of nitriles is 1. The molecule has 0 atom stereocenters. The smallest absolute Gasteiger partial charge is 0.258 e. The van der Waals surface area contributed by atoms with Crippen LogP contribution in [0.2, 0.25) is 0 Å². The number of benzene rings is 3. The van der Waals surface area contributed by atoms with E-state index in [1.54, 1.807) is 30.1 Å². The first-order valence-electron chi connectivity index (χ1n) is 12.1. The fourth-order valence-electron chi connectivity index (χ4n) is 4.49. The Hall–Kier alpha value is -4.45. The minimum Gasteiger partial charge on any atom is -0.379 e. The summed E-state index contributed by atoms with van der Waals surface area (Å²) < 4.78 is 5.36. The van der Waals surface area contributed by atoms with E-state index in [9.17, 15) is 14.9 Å². The van der Waals surface area contributed by atoms with Gasteiger partial charge in [0.2, 0.25) is 5.91 Å². The molecule has 2 N–H and O–H groups in total. The molecule has 0 aliphatic carbocycles. The van der Waals surface area contributed by atoms with Crippen LogP contribution in [0, 0.1) is 11.3 Å². The third-order valence-corrected chi connectivity index (χ3v) is 6.57. The first-order chi connectivity index (χ1) is 18.0. The van der Waals surface area contributed by atoms with Gasteiger partial charge >= 0.3 is 0 Å². The molecular formula is C29H27N5O3. The van der Waals surface area contributed by atoms with Gasteiger partial charge in [0.05, 0.1) is 48.3 Å². The molecule has 0 bridgehead atoms. The summed E-state index contributed by atoms with van der Waals surface area (Å²) in [6.07, 6.45) is 0. The predicted molar refractivity (Wildman–Crippen MR) is 144 cm³/mol. The lowest BCUT2D eigenvalue weighted by Crippen LogP contribution is -2.43. The van der Waals surface area contributed by atoms with Crippen molar-refractivity contribution in [2.45, 2.75) is 0 Å². The number of nitrogens with zero attached hydrogens (tertiary/aromatic N) is 3. The summed E-state index contributed by atoms with van der Waals surface area (Å²) in [6, 6.07) is 24.5. The molecule has 2 aliphatic heterocycles. The Bertz CT molecular complexity index is 1390. The van der Waals surface area contributed by atoms with Crippen molar-refractivity contribution in [3.8, 4) is 6.07 Å². The lowest BCUT2D eigenvalue weighted by molar-refractivity contribution is -0.120. The molecule has 0 radical (unpaired) electrons. The molecule has 2 aliphatic rings. The zero-order chi connectivity index (χ0) is 25.8. The van der Waals surface area contributed by atoms with Crippen molar-refractivity contribution in [3.05, 3.63) is 89.5 Å². The number of carbonyl (C=O) groups excluding carboxylic acids is 2. The van der Waals surface area contributed by atoms with E-state index in [4.69, 9.17) is 4.74 Å². The van der Waals surface area contributed by atoms with Gasteiger partial charge in [-0.3, -0.25) is 14.5 Å². The van der Waals surface area contributed by atoms with Gasteiger partial charge in [0.1, 0.15) is 0 Å². The average molecular weight is 494 g/mol. The number of anilines is 3. The summed E-state index contributed by atoms with van der Waals surface area (Å²) in [7, 11) is 1.78. The van der Waals surface area contributed by atoms with Gasteiger partial charge in [0.15, 0.2) is 0 Å². The highest BCUT2D eigenvalue weighted by atomic mass is 16.5. The summed E-state index contributed by atoms with van der Waals surface area (Å²) in [5, 5.41) is 15.6. The van der Waals surface area contributed by atoms with Crippen molar-refractivity contribution in [2.75, 3.05) is 55.4 Å². The number of morpholine rings is 1. The van der Waals surface area contributed by atoms with E-state index in [0.717, 1.165) is 35.6 Å². The molecule has 0 unspecified atom stereocenters. The third kappa shape index (κ3) is 5.23. The molecule has 3 aromatic carbocycles. The number of nitrogens with one attached hydrogen (secondary N) is 2. The molecule has 2 amide bonds. The first kappa shape index (κ1) is 24.3. The topological polar surface area (TPSA) is 97.7 Å². The highest BCUT2D eigenvalue weighted by Gasteiger charge is 2.28. The summed E-state index contributed by atoms with van der Waals surface area (Å²) in [6.45, 7) is 3.17. The summed E-state index contributed by atoms with van der Waals surface area (Å²) >= 11 is 0. The second kappa shape index (κ2) is 10.7. The number of amides is 2. The van der Waals surface area contributed by atoms with Gasteiger partial charge in [0.25, 0.3) is 5.91 Å². The van der Waals surface area contributed by atoms with Gasteiger partial charge in [-0.15, -0.1) is 0 Å². The number of likely N-dealkylation sites (N-methyl/N-ethyl adjacent to an activating group) is 1. The Morgan fingerprint density at radius 1 is 1.08 bits per heavy atom. The fourth-order valence-corrected chi connectivity index (χ4v) is 4.49. The molecule has 0 saturated carbocycles. The number of fused-ring (bicyclic) bond motifs is 1. The Morgan fingerprint density at radius 2 is 1.81 bits per heavy atom. The second-order valence-electron chi connectivity index (χ2n) is 8.96. The van der Waals surface area contributed by atoms with Crippen molar-refractivity contribution in [1.82, 2.24) is 4.90 Å². The van der Waals surface area contributed by atoms with E-state index >= 15 is 0 Å². The van der Waals surface area contributed by atoms with Crippen LogP contribution in [0.1, 0.15) is 16.7 Å². The molecular weight excluding hydrogens is 466 g/mol. The van der Waals surface area contributed by atoms with Gasteiger partial charge < -0.3 is 20.3 Å². The van der Waals surface area contributed by atoms with Crippen molar-refractivity contribution >= 4 is 40.1 Å². The molecule has 1 saturated heterocycles. The number of carbonyl (C=O) groups is 2. The van der Waals surface area contributed by atoms with Crippen molar-refractivity contribution in [1.29, 1.82) is 5.26 Å². The Morgan fingerprint density at radius 3 is 2.51 bits per heavy atom. The fraction of sp³-hybridized carbons (Fsp3) is 0.207. The monoisotopic (exact) mass is 493 g/mol. The van der Waals surface area contributed by atoms with E-state index in [2.05, 4.69) is 21.6 Å². The zero-order valence-electron chi connectivity index (χ0n) is 20.5. The number of rotatable bonds is 6. The van der Waals surface area contributed by atoms with Crippen molar-refractivity contribution in [3.63, 3.8) is 0 Å². The zero-order valence-corrected chi connectivity index (χ0v) is 20.5. The van der Waals surface area contributed by atoms with Crippen molar-refractivity contribution in [2.24, 2.45) is 0 Å². The molecule has 8 heteroatoms. The van der Waals surface area contributed by atoms with Crippen LogP contribution in [-0.2, 0) is 14.3 Å². The van der Waals surface area contributed by atoms with Gasteiger partial charge in [-0.2, -0.15) is 5.26 Å². The standard InChI is InChI=1S/C29H27N5O3/c1-33(26(35)19-34-13-15-37-16-14-34)23-10-8-22(9-11-23)31-28(21-5-3-2-4-6-21)27-24-12-7-20(18-30)17-25(24)32-29(27)36/h2-12,17,31H,13-16,19H2,1H3,(H,32,36). The Kier molecular flexibility index (Phi) is 6.99. The minimum atomic E-state index is -0.235. The molecule has 3 aromatic rings. The SMILES string of the molecule is CN(C(=O)CN1CCOCC1)c1ccc(NC(=C2C(=O)Nc3cc(C#N)ccc32)c2ccccc2)cc1. The molecule has 5 rings (SSSR count). The van der Waals surface area contributed by atoms with Gasteiger partial charge in [0, 0.05) is 37.1 Å². The molecule has 37 heavy (non-hydrogen) atoms. The highest BCUT2D eigenvalue weighted by molar-refractivity contribution is 6.37. The quantitative estimate of drug-likeness (QED) is 0.507. The van der Waals surface area contributed by atoms with E-state index in [0.29, 0.717) is 42.3 Å². The lowest BCUT2D eigenvalue weighted by atomic mass is 9.99. The molecule has 0 spiro atoms. The first-order valence-corrected chi connectivity index (χ1v) is 12.1. The van der Waals surface area contributed by atoms with Crippen LogP contribution in [0.15, 0.2) is 72.8 Å². The third-order valence-electron chi connectivity index (χ3n) is 6.57. The van der Waals surface area contributed by atoms with E-state index in [-0.39, 0.29) is 11.8 Å². The van der Waals surface area contributed by atoms with Crippen LogP contribution in [0.5, 0.6) is 0 Å². The summed E-state index contributed by atoms with van der Waals surface area (Å²) in [4.78, 5) is 29.6. The van der Waals surface area contributed by atoms with Crippen LogP contribution < -0.4 is 15.5 Å². The molecule has 2 heterocycles. The van der Waals surface area contributed by atoms with Crippen LogP contribution in [-0.4, -0.2) is 56.6 Å². The Labute approximate surface area is 215 Å². The maximum atomic E-state index is 13.1. The Balaban J connectivity index is 1.41. The normalized spacial score (nSPS) is 16.4. The second-order valence-corrected chi connectivity index (χ2v) is 8.96. The summed E-state index contributed by atoms with van der Waals surface area (Å²) in [5.41, 5.74) is 5.41. The van der Waals surface area contributed by atoms with Crippen LogP contribution in [0.4, 0.5) is 17.1 Å². The van der Waals surface area contributed by atoms with Crippen LogP contribution in [0.25, 0.3) is 11.3 Å². The number of hydrogen-bond acceptors (Lipinski definition) is 6. The van der Waals surface area contributed by atoms with E-state index < -0.39 is 0 Å². The molecule has 8 nitrogen and oxygen atoms in total. The van der Waals surface area contributed by atoms with Gasteiger partial charge in [-0.05, 0) is 42.0 Å². The summed E-state index contributed by atoms with van der Waals surface area (Å²) in [5.74, 6) is -0.216. The van der Waals surface area contributed by atoms with Crippen LogP contribution >= 0.6 is 0 Å². The van der Waals surface area contributed by atoms with E-state index in [1.165, 1.54) is 0 Å². The van der Waals surface area contributed by atoms with E-state index in [1.807, 2.05) is 54.6 Å². The number of hydrogen-bond donors (Lipinski definition) is 2. The van der Waals surface area contributed by atoms with Gasteiger partial charge in [-0.1, -0.05) is 36.4 Å². The number of ether oxygens (including phenoxy) is 1. The minimum absolute atomic E-state index is 0.0191. The maximum absolute atomic E-state index is 13.1. The molecule has 1 fully saturated rings. The lowest BCUT2D eigenvalue weighted by Gasteiger charge is -2.28. The molecule has 186 valence electrons. The predicted octanol–water partition coefficient (Wildman–Crippen LogP) is 3.79. The average Bonchev–Trinajstić information content (AvgIpc) is 3.27. The largest absolute Gasteiger partial charge is 0.379 e. The van der Waals surface area contributed by atoms with Crippen molar-refractivity contribution < 1.29 is 14.3 Å². The highest BCUT2D eigenvalue weighted by Crippen LogP contribution is 2.38. The van der Waals surface area contributed by atoms with Gasteiger partial charge in [-0.25, -0.2) is 0 Å².